The van der Waals surface area contributed by atoms with Crippen molar-refractivity contribution in [2.45, 2.75) is 6.54 Å². The molecule has 0 atom stereocenters. The summed E-state index contributed by atoms with van der Waals surface area (Å²) in [4.78, 5) is 12.3. The summed E-state index contributed by atoms with van der Waals surface area (Å²) in [5.74, 6) is 1.09. The van der Waals surface area contributed by atoms with E-state index in [1.165, 1.54) is 21.3 Å². The van der Waals surface area contributed by atoms with Crippen molar-refractivity contribution in [3.63, 3.8) is 0 Å². The minimum Gasteiger partial charge on any atom is -0.493 e. The van der Waals surface area contributed by atoms with Gasteiger partial charge in [0, 0.05) is 18.8 Å². The summed E-state index contributed by atoms with van der Waals surface area (Å²) >= 11 is 0. The van der Waals surface area contributed by atoms with Crippen molar-refractivity contribution in [1.29, 1.82) is 0 Å². The van der Waals surface area contributed by atoms with Crippen LogP contribution in [-0.2, 0) is 13.6 Å². The Morgan fingerprint density at radius 3 is 2.27 bits per heavy atom. The Bertz CT molecular complexity index is 642. The number of carbonyl (C=O) groups excluding carboxylic acids is 1. The lowest BCUT2D eigenvalue weighted by molar-refractivity contribution is 0.0949. The van der Waals surface area contributed by atoms with E-state index >= 15 is 0 Å². The molecule has 0 unspecified atom stereocenters. The van der Waals surface area contributed by atoms with Gasteiger partial charge in [0.25, 0.3) is 5.91 Å². The molecule has 1 heterocycles. The number of methoxy groups -OCH3 is 3. The van der Waals surface area contributed by atoms with Crippen LogP contribution in [0, 0.1) is 0 Å². The maximum atomic E-state index is 12.3. The van der Waals surface area contributed by atoms with Gasteiger partial charge < -0.3 is 19.5 Å². The van der Waals surface area contributed by atoms with Gasteiger partial charge in [-0.3, -0.25) is 9.48 Å². The predicted octanol–water partition coefficient (Wildman–Crippen LogP) is 1.38. The molecule has 0 saturated heterocycles. The van der Waals surface area contributed by atoms with E-state index in [1.54, 1.807) is 23.0 Å². The molecule has 1 amide bonds. The fraction of sp³-hybridized carbons (Fsp3) is 0.333. The number of aromatic nitrogens is 2. The van der Waals surface area contributed by atoms with Gasteiger partial charge in [-0.15, -0.1) is 0 Å². The van der Waals surface area contributed by atoms with Crippen molar-refractivity contribution in [3.05, 3.63) is 35.7 Å². The molecule has 0 radical (unpaired) electrons. The molecule has 1 N–H and O–H groups in total. The minimum absolute atomic E-state index is 0.236. The van der Waals surface area contributed by atoms with E-state index in [0.29, 0.717) is 29.4 Å². The molecule has 0 aliphatic carbocycles. The van der Waals surface area contributed by atoms with E-state index in [4.69, 9.17) is 14.2 Å². The van der Waals surface area contributed by atoms with Crippen LogP contribution in [0.5, 0.6) is 17.2 Å². The Hall–Kier alpha value is -2.70. The van der Waals surface area contributed by atoms with Crippen molar-refractivity contribution >= 4 is 5.91 Å². The first-order valence-corrected chi connectivity index (χ1v) is 6.65. The highest BCUT2D eigenvalue weighted by Gasteiger charge is 2.17. The van der Waals surface area contributed by atoms with Gasteiger partial charge in [0.2, 0.25) is 5.75 Å². The third kappa shape index (κ3) is 3.13. The lowest BCUT2D eigenvalue weighted by Gasteiger charge is -2.14. The molecule has 0 saturated carbocycles. The zero-order chi connectivity index (χ0) is 16.1. The normalized spacial score (nSPS) is 10.2. The van der Waals surface area contributed by atoms with Crippen molar-refractivity contribution in [1.82, 2.24) is 15.1 Å². The van der Waals surface area contributed by atoms with Crippen LogP contribution in [0.2, 0.25) is 0 Å². The Morgan fingerprint density at radius 1 is 1.18 bits per heavy atom. The second kappa shape index (κ2) is 6.84. The molecule has 0 bridgehead atoms. The standard InChI is InChI=1S/C15H19N3O4/c1-18-11(5-6-17-18)9-16-15(19)10-7-12(20-2)14(22-4)13(8-10)21-3/h5-8H,9H2,1-4H3,(H,16,19). The summed E-state index contributed by atoms with van der Waals surface area (Å²) in [5, 5.41) is 6.88. The monoisotopic (exact) mass is 305 g/mol. The summed E-state index contributed by atoms with van der Waals surface area (Å²) in [6, 6.07) is 5.06. The minimum atomic E-state index is -0.236. The number of benzene rings is 1. The number of hydrogen-bond donors (Lipinski definition) is 1. The van der Waals surface area contributed by atoms with Gasteiger partial charge in [-0.25, -0.2) is 0 Å². The molecule has 7 heteroatoms. The SMILES string of the molecule is COc1cc(C(=O)NCc2ccnn2C)cc(OC)c1OC. The van der Waals surface area contributed by atoms with Crippen LogP contribution in [-0.4, -0.2) is 37.0 Å². The lowest BCUT2D eigenvalue weighted by Crippen LogP contribution is -2.24. The zero-order valence-electron chi connectivity index (χ0n) is 13.0. The van der Waals surface area contributed by atoms with Crippen LogP contribution in [0.3, 0.4) is 0 Å². The third-order valence-corrected chi connectivity index (χ3v) is 3.28. The van der Waals surface area contributed by atoms with Gasteiger partial charge in [-0.05, 0) is 18.2 Å². The molecule has 1 aromatic carbocycles. The van der Waals surface area contributed by atoms with Crippen LogP contribution < -0.4 is 19.5 Å². The second-order valence-electron chi connectivity index (χ2n) is 4.54. The Kier molecular flexibility index (Phi) is 4.88. The number of nitrogens with zero attached hydrogens (tertiary/aromatic N) is 2. The van der Waals surface area contributed by atoms with E-state index < -0.39 is 0 Å². The first-order valence-electron chi connectivity index (χ1n) is 6.65. The quantitative estimate of drug-likeness (QED) is 0.872. The van der Waals surface area contributed by atoms with Gasteiger partial charge in [0.1, 0.15) is 0 Å². The smallest absolute Gasteiger partial charge is 0.251 e. The largest absolute Gasteiger partial charge is 0.493 e. The highest BCUT2D eigenvalue weighted by atomic mass is 16.5. The number of aryl methyl sites for hydroxylation is 1. The average molecular weight is 305 g/mol. The van der Waals surface area contributed by atoms with Gasteiger partial charge in [0.15, 0.2) is 11.5 Å². The Morgan fingerprint density at radius 2 is 1.82 bits per heavy atom. The van der Waals surface area contributed by atoms with Gasteiger partial charge in [0.05, 0.1) is 33.6 Å². The molecular formula is C15H19N3O4. The molecule has 7 nitrogen and oxygen atoms in total. The van der Waals surface area contributed by atoms with Crippen LogP contribution in [0.1, 0.15) is 16.1 Å². The van der Waals surface area contributed by atoms with Crippen LogP contribution in [0.15, 0.2) is 24.4 Å². The van der Waals surface area contributed by atoms with Crippen molar-refractivity contribution in [2.75, 3.05) is 21.3 Å². The van der Waals surface area contributed by atoms with E-state index in [0.717, 1.165) is 5.69 Å². The first-order chi connectivity index (χ1) is 10.6. The molecule has 0 spiro atoms. The molecule has 1 aromatic heterocycles. The molecule has 0 aliphatic rings. The topological polar surface area (TPSA) is 74.6 Å². The molecule has 0 fully saturated rings. The van der Waals surface area contributed by atoms with E-state index in [1.807, 2.05) is 13.1 Å². The Balaban J connectivity index is 2.20. The summed E-state index contributed by atoms with van der Waals surface area (Å²) in [5.41, 5.74) is 1.33. The number of amides is 1. The highest BCUT2D eigenvalue weighted by molar-refractivity contribution is 5.95. The fourth-order valence-electron chi connectivity index (χ4n) is 2.06. The molecule has 2 rings (SSSR count). The molecule has 22 heavy (non-hydrogen) atoms. The number of hydrogen-bond acceptors (Lipinski definition) is 5. The van der Waals surface area contributed by atoms with E-state index in [9.17, 15) is 4.79 Å². The fourth-order valence-corrected chi connectivity index (χ4v) is 2.06. The Labute approximate surface area is 128 Å². The lowest BCUT2D eigenvalue weighted by atomic mass is 10.1. The first kappa shape index (κ1) is 15.7. The van der Waals surface area contributed by atoms with E-state index in [2.05, 4.69) is 10.4 Å². The summed E-state index contributed by atoms with van der Waals surface area (Å²) in [6.45, 7) is 0.381. The molecule has 0 aliphatic heterocycles. The van der Waals surface area contributed by atoms with Crippen molar-refractivity contribution in [2.24, 2.45) is 7.05 Å². The van der Waals surface area contributed by atoms with Crippen molar-refractivity contribution < 1.29 is 19.0 Å². The number of carbonyl (C=O) groups is 1. The molecular weight excluding hydrogens is 286 g/mol. The molecule has 2 aromatic rings. The van der Waals surface area contributed by atoms with Gasteiger partial charge >= 0.3 is 0 Å². The van der Waals surface area contributed by atoms with Crippen LogP contribution in [0.25, 0.3) is 0 Å². The third-order valence-electron chi connectivity index (χ3n) is 3.28. The predicted molar refractivity (Wildman–Crippen MR) is 80.5 cm³/mol. The van der Waals surface area contributed by atoms with Crippen LogP contribution in [0.4, 0.5) is 0 Å². The van der Waals surface area contributed by atoms with Crippen LogP contribution >= 0.6 is 0 Å². The summed E-state index contributed by atoms with van der Waals surface area (Å²) in [6.07, 6.45) is 1.68. The summed E-state index contributed by atoms with van der Waals surface area (Å²) < 4.78 is 17.4. The summed E-state index contributed by atoms with van der Waals surface area (Å²) in [7, 11) is 6.35. The van der Waals surface area contributed by atoms with Gasteiger partial charge in [-0.1, -0.05) is 0 Å². The second-order valence-corrected chi connectivity index (χ2v) is 4.54. The molecule has 118 valence electrons. The number of rotatable bonds is 6. The average Bonchev–Trinajstić information content (AvgIpc) is 2.96. The van der Waals surface area contributed by atoms with E-state index in [-0.39, 0.29) is 5.91 Å². The highest BCUT2D eigenvalue weighted by Crippen LogP contribution is 2.38. The zero-order valence-corrected chi connectivity index (χ0v) is 13.0. The maximum Gasteiger partial charge on any atom is 0.251 e. The maximum absolute atomic E-state index is 12.3. The van der Waals surface area contributed by atoms with Crippen molar-refractivity contribution in [3.8, 4) is 17.2 Å². The van der Waals surface area contributed by atoms with Gasteiger partial charge in [-0.2, -0.15) is 5.10 Å². The number of ether oxygens (including phenoxy) is 3. The number of nitrogens with one attached hydrogen (secondary N) is 1.